The van der Waals surface area contributed by atoms with Gasteiger partial charge in [-0.05, 0) is 62.1 Å². The fourth-order valence-electron chi connectivity index (χ4n) is 4.36. The van der Waals surface area contributed by atoms with Crippen LogP contribution in [0.25, 0.3) is 11.0 Å². The highest BCUT2D eigenvalue weighted by Gasteiger charge is 2.37. The van der Waals surface area contributed by atoms with Gasteiger partial charge in [0.1, 0.15) is 11.3 Å². The highest BCUT2D eigenvalue weighted by molar-refractivity contribution is 7.91. The van der Waals surface area contributed by atoms with Gasteiger partial charge in [0, 0.05) is 23.5 Å². The summed E-state index contributed by atoms with van der Waals surface area (Å²) in [6.07, 6.45) is 0.426. The van der Waals surface area contributed by atoms with Crippen LogP contribution in [-0.2, 0) is 16.4 Å². The van der Waals surface area contributed by atoms with Crippen LogP contribution < -0.4 is 4.74 Å². The average molecular weight is 442 g/mol. The molecule has 1 unspecified atom stereocenters. The Labute approximate surface area is 182 Å². The molecule has 0 spiro atoms. The number of furan rings is 1. The van der Waals surface area contributed by atoms with Crippen molar-refractivity contribution in [2.45, 2.75) is 39.8 Å². The Morgan fingerprint density at radius 1 is 1.19 bits per heavy atom. The zero-order chi connectivity index (χ0) is 22.3. The minimum Gasteiger partial charge on any atom is -0.497 e. The molecule has 164 valence electrons. The van der Waals surface area contributed by atoms with Crippen molar-refractivity contribution >= 4 is 26.7 Å². The third kappa shape index (κ3) is 4.19. The summed E-state index contributed by atoms with van der Waals surface area (Å²) in [6.45, 7) is 6.14. The first-order chi connectivity index (χ1) is 14.7. The minimum absolute atomic E-state index is 0.0277. The molecule has 1 aliphatic heterocycles. The molecule has 2 aromatic carbocycles. The zero-order valence-electron chi connectivity index (χ0n) is 18.3. The summed E-state index contributed by atoms with van der Waals surface area (Å²) >= 11 is 0. The van der Waals surface area contributed by atoms with E-state index in [1.165, 1.54) is 0 Å². The molecule has 1 atom stereocenters. The lowest BCUT2D eigenvalue weighted by Gasteiger charge is -2.28. The Balaban J connectivity index is 1.76. The van der Waals surface area contributed by atoms with Crippen LogP contribution in [0.4, 0.5) is 0 Å². The van der Waals surface area contributed by atoms with E-state index in [-0.39, 0.29) is 35.8 Å². The van der Waals surface area contributed by atoms with E-state index >= 15 is 0 Å². The normalized spacial score (nSPS) is 17.7. The van der Waals surface area contributed by atoms with Crippen LogP contribution in [0.1, 0.15) is 39.2 Å². The van der Waals surface area contributed by atoms with E-state index in [1.54, 1.807) is 12.0 Å². The molecule has 0 aliphatic carbocycles. The molecule has 1 saturated heterocycles. The summed E-state index contributed by atoms with van der Waals surface area (Å²) in [5, 5.41) is 0.918. The zero-order valence-corrected chi connectivity index (χ0v) is 19.1. The molecule has 31 heavy (non-hydrogen) atoms. The predicted octanol–water partition coefficient (Wildman–Crippen LogP) is 4.20. The van der Waals surface area contributed by atoms with Gasteiger partial charge in [0.25, 0.3) is 5.91 Å². The number of carbonyl (C=O) groups is 1. The van der Waals surface area contributed by atoms with Crippen molar-refractivity contribution in [1.29, 1.82) is 0 Å². The van der Waals surface area contributed by atoms with Crippen molar-refractivity contribution in [3.63, 3.8) is 0 Å². The maximum Gasteiger partial charge on any atom is 0.290 e. The molecule has 4 rings (SSSR count). The second kappa shape index (κ2) is 8.04. The smallest absolute Gasteiger partial charge is 0.290 e. The summed E-state index contributed by atoms with van der Waals surface area (Å²) in [5.74, 6) is 0.749. The number of aryl methyl sites for hydroxylation is 3. The van der Waals surface area contributed by atoms with Gasteiger partial charge in [0.05, 0.1) is 18.6 Å². The number of methoxy groups -OCH3 is 1. The number of ether oxygens (including phenoxy) is 1. The highest BCUT2D eigenvalue weighted by Crippen LogP contribution is 2.32. The molecule has 7 heteroatoms. The lowest BCUT2D eigenvalue weighted by Crippen LogP contribution is -2.40. The van der Waals surface area contributed by atoms with Crippen molar-refractivity contribution in [1.82, 2.24) is 4.90 Å². The molecule has 1 fully saturated rings. The summed E-state index contributed by atoms with van der Waals surface area (Å²) < 4.78 is 35.7. The molecule has 1 amide bonds. The number of hydrogen-bond acceptors (Lipinski definition) is 5. The standard InChI is InChI=1S/C24H27NO5S/c1-15-10-16(2)22-21(11-15)17(3)23(30-22)24(26)25(19-8-9-31(27,28)14-19)13-18-6-5-7-20(12-18)29-4/h5-7,10-12,19H,8-9,13-14H2,1-4H3. The summed E-state index contributed by atoms with van der Waals surface area (Å²) in [6, 6.07) is 11.1. The maximum absolute atomic E-state index is 13.7. The molecule has 3 aromatic rings. The Morgan fingerprint density at radius 3 is 2.65 bits per heavy atom. The van der Waals surface area contributed by atoms with Crippen LogP contribution in [0.5, 0.6) is 5.75 Å². The van der Waals surface area contributed by atoms with Gasteiger partial charge >= 0.3 is 0 Å². The van der Waals surface area contributed by atoms with E-state index in [9.17, 15) is 13.2 Å². The molecular weight excluding hydrogens is 414 g/mol. The van der Waals surface area contributed by atoms with Crippen LogP contribution in [0.2, 0.25) is 0 Å². The quantitative estimate of drug-likeness (QED) is 0.593. The third-order valence-corrected chi connectivity index (χ3v) is 7.71. The first kappa shape index (κ1) is 21.4. The number of hydrogen-bond donors (Lipinski definition) is 0. The molecule has 2 heterocycles. The Morgan fingerprint density at radius 2 is 1.97 bits per heavy atom. The number of fused-ring (bicyclic) bond motifs is 1. The lowest BCUT2D eigenvalue weighted by atomic mass is 10.0. The molecule has 6 nitrogen and oxygen atoms in total. The van der Waals surface area contributed by atoms with Crippen LogP contribution in [0, 0.1) is 20.8 Å². The van der Waals surface area contributed by atoms with E-state index in [0.29, 0.717) is 17.8 Å². The van der Waals surface area contributed by atoms with Gasteiger partial charge < -0.3 is 14.1 Å². The van der Waals surface area contributed by atoms with Crippen molar-refractivity contribution in [2.75, 3.05) is 18.6 Å². The Hall–Kier alpha value is -2.80. The first-order valence-electron chi connectivity index (χ1n) is 10.3. The molecule has 1 aromatic heterocycles. The van der Waals surface area contributed by atoms with E-state index in [4.69, 9.17) is 9.15 Å². The molecule has 0 radical (unpaired) electrons. The van der Waals surface area contributed by atoms with Crippen LogP contribution in [0.15, 0.2) is 40.8 Å². The molecule has 0 bridgehead atoms. The van der Waals surface area contributed by atoms with Gasteiger partial charge in [0.2, 0.25) is 0 Å². The SMILES string of the molecule is COc1cccc(CN(C(=O)c2oc3c(C)cc(C)cc3c2C)C2CCS(=O)(=O)C2)c1. The van der Waals surface area contributed by atoms with Crippen LogP contribution >= 0.6 is 0 Å². The largest absolute Gasteiger partial charge is 0.497 e. The molecule has 1 aliphatic rings. The number of benzene rings is 2. The number of nitrogens with zero attached hydrogens (tertiary/aromatic N) is 1. The maximum atomic E-state index is 13.7. The second-order valence-corrected chi connectivity index (χ2v) is 10.6. The summed E-state index contributed by atoms with van der Waals surface area (Å²) in [4.78, 5) is 15.3. The predicted molar refractivity (Wildman–Crippen MR) is 120 cm³/mol. The van der Waals surface area contributed by atoms with Crippen molar-refractivity contribution in [2.24, 2.45) is 0 Å². The number of amides is 1. The monoisotopic (exact) mass is 441 g/mol. The van der Waals surface area contributed by atoms with E-state index < -0.39 is 9.84 Å². The van der Waals surface area contributed by atoms with Gasteiger partial charge in [-0.2, -0.15) is 0 Å². The van der Waals surface area contributed by atoms with E-state index in [1.807, 2.05) is 57.2 Å². The fraction of sp³-hybridized carbons (Fsp3) is 0.375. The molecule has 0 saturated carbocycles. The highest BCUT2D eigenvalue weighted by atomic mass is 32.2. The van der Waals surface area contributed by atoms with Crippen molar-refractivity contribution < 1.29 is 22.4 Å². The van der Waals surface area contributed by atoms with E-state index in [0.717, 1.165) is 27.6 Å². The van der Waals surface area contributed by atoms with Gasteiger partial charge in [0.15, 0.2) is 15.6 Å². The number of sulfone groups is 1. The second-order valence-electron chi connectivity index (χ2n) is 8.36. The minimum atomic E-state index is -3.16. The Kier molecular flexibility index (Phi) is 5.56. The first-order valence-corrected chi connectivity index (χ1v) is 12.2. The summed E-state index contributed by atoms with van der Waals surface area (Å²) in [5.41, 5.74) is 4.43. The molecular formula is C24H27NO5S. The average Bonchev–Trinajstić information content (AvgIpc) is 3.25. The van der Waals surface area contributed by atoms with Gasteiger partial charge in [-0.3, -0.25) is 4.79 Å². The van der Waals surface area contributed by atoms with Gasteiger partial charge in [-0.1, -0.05) is 18.2 Å². The van der Waals surface area contributed by atoms with Gasteiger partial charge in [-0.25, -0.2) is 8.42 Å². The number of carbonyl (C=O) groups excluding carboxylic acids is 1. The van der Waals surface area contributed by atoms with E-state index in [2.05, 4.69) is 0 Å². The Bertz CT molecular complexity index is 1260. The van der Waals surface area contributed by atoms with Crippen LogP contribution in [-0.4, -0.2) is 43.9 Å². The summed E-state index contributed by atoms with van der Waals surface area (Å²) in [7, 11) is -1.57. The topological polar surface area (TPSA) is 76.8 Å². The third-order valence-electron chi connectivity index (χ3n) is 5.96. The van der Waals surface area contributed by atoms with Crippen LogP contribution in [0.3, 0.4) is 0 Å². The molecule has 0 N–H and O–H groups in total. The van der Waals surface area contributed by atoms with Crippen molar-refractivity contribution in [3.8, 4) is 5.75 Å². The number of rotatable bonds is 5. The van der Waals surface area contributed by atoms with Crippen molar-refractivity contribution in [3.05, 3.63) is 64.4 Å². The fourth-order valence-corrected chi connectivity index (χ4v) is 6.09. The van der Waals surface area contributed by atoms with Gasteiger partial charge in [-0.15, -0.1) is 0 Å². The lowest BCUT2D eigenvalue weighted by molar-refractivity contribution is 0.0649.